The van der Waals surface area contributed by atoms with Crippen LogP contribution in [0.25, 0.3) is 0 Å². The molecule has 0 aliphatic carbocycles. The highest BCUT2D eigenvalue weighted by atomic mass is 16.5. The number of carbonyl (C=O) groups is 1. The minimum absolute atomic E-state index is 0.0159. The summed E-state index contributed by atoms with van der Waals surface area (Å²) in [7, 11) is 4.23. The maximum atomic E-state index is 13.0. The molecule has 0 radical (unpaired) electrons. The van der Waals surface area contributed by atoms with E-state index in [0.717, 1.165) is 25.1 Å². The van der Waals surface area contributed by atoms with Crippen LogP contribution in [0.2, 0.25) is 0 Å². The van der Waals surface area contributed by atoms with Crippen molar-refractivity contribution in [3.05, 3.63) is 65.7 Å². The third-order valence-electron chi connectivity index (χ3n) is 8.30. The third-order valence-corrected chi connectivity index (χ3v) is 8.30. The minimum Gasteiger partial charge on any atom is -0.490 e. The van der Waals surface area contributed by atoms with Gasteiger partial charge in [0, 0.05) is 18.4 Å². The predicted molar refractivity (Wildman–Crippen MR) is 173 cm³/mol. The van der Waals surface area contributed by atoms with E-state index in [2.05, 4.69) is 65.2 Å². The largest absolute Gasteiger partial charge is 0.490 e. The maximum absolute atomic E-state index is 13.0. The van der Waals surface area contributed by atoms with Crippen LogP contribution in [0.5, 0.6) is 5.75 Å². The Morgan fingerprint density at radius 3 is 1.93 bits per heavy atom. The number of rotatable bonds is 23. The Morgan fingerprint density at radius 1 is 0.756 bits per heavy atom. The van der Waals surface area contributed by atoms with E-state index in [1.165, 1.54) is 88.2 Å². The molecule has 41 heavy (non-hydrogen) atoms. The Balaban J connectivity index is 1.66. The highest BCUT2D eigenvalue weighted by Gasteiger charge is 2.35. The second-order valence-corrected chi connectivity index (χ2v) is 12.5. The molecule has 0 bridgehead atoms. The van der Waals surface area contributed by atoms with Gasteiger partial charge >= 0.3 is 5.97 Å². The normalized spacial score (nSPS) is 13.1. The molecule has 0 fully saturated rings. The summed E-state index contributed by atoms with van der Waals surface area (Å²) in [5.74, 6) is 0.856. The van der Waals surface area contributed by atoms with Crippen molar-refractivity contribution in [2.24, 2.45) is 0 Å². The Bertz CT molecular complexity index is 942. The standard InChI is InChI=1S/C37H60NO3/c1-6-8-9-10-11-12-13-14-15-16-17-21-26-34-27-22-23-28-36(34)41-32(3)29-30-40-37(39)35(7-2)38(4,5)31-33-24-19-18-20-25-33/h18-20,22-25,27-28,32,35H,6-17,21,26,29-31H2,1-5H3/q+1. The van der Waals surface area contributed by atoms with Crippen molar-refractivity contribution in [1.29, 1.82) is 0 Å². The first-order valence-electron chi connectivity index (χ1n) is 16.6. The summed E-state index contributed by atoms with van der Waals surface area (Å²) < 4.78 is 12.7. The number of ether oxygens (including phenoxy) is 2. The smallest absolute Gasteiger partial charge is 0.364 e. The number of para-hydroxylation sites is 1. The van der Waals surface area contributed by atoms with Crippen molar-refractivity contribution in [2.75, 3.05) is 20.7 Å². The number of nitrogens with zero attached hydrogens (tertiary/aromatic N) is 1. The zero-order chi connectivity index (χ0) is 29.8. The van der Waals surface area contributed by atoms with E-state index in [1.807, 2.05) is 24.3 Å². The van der Waals surface area contributed by atoms with Crippen molar-refractivity contribution in [3.8, 4) is 5.75 Å². The van der Waals surface area contributed by atoms with E-state index < -0.39 is 0 Å². The SMILES string of the molecule is CCCCCCCCCCCCCCc1ccccc1OC(C)CCOC(=O)C(CC)[N+](C)(C)Cc1ccccc1. The highest BCUT2D eigenvalue weighted by Crippen LogP contribution is 2.23. The number of likely N-dealkylation sites (N-methyl/N-ethyl adjacent to an activating group) is 1. The fourth-order valence-corrected chi connectivity index (χ4v) is 5.79. The van der Waals surface area contributed by atoms with E-state index in [-0.39, 0.29) is 18.1 Å². The van der Waals surface area contributed by atoms with Gasteiger partial charge in [0.05, 0.1) is 26.8 Å². The van der Waals surface area contributed by atoms with Gasteiger partial charge in [-0.2, -0.15) is 0 Å². The zero-order valence-electron chi connectivity index (χ0n) is 27.0. The molecule has 0 spiro atoms. The third kappa shape index (κ3) is 14.4. The van der Waals surface area contributed by atoms with Crippen LogP contribution in [-0.4, -0.2) is 43.3 Å². The average molecular weight is 567 g/mol. The van der Waals surface area contributed by atoms with Crippen molar-refractivity contribution >= 4 is 5.97 Å². The van der Waals surface area contributed by atoms with Crippen LogP contribution in [0.3, 0.4) is 0 Å². The van der Waals surface area contributed by atoms with Gasteiger partial charge in [-0.15, -0.1) is 0 Å². The van der Waals surface area contributed by atoms with Gasteiger partial charge < -0.3 is 14.0 Å². The molecule has 2 aromatic rings. The summed E-state index contributed by atoms with van der Waals surface area (Å²) in [5.41, 5.74) is 2.52. The molecule has 2 aromatic carbocycles. The molecule has 0 saturated carbocycles. The molecule has 0 N–H and O–H groups in total. The van der Waals surface area contributed by atoms with E-state index in [9.17, 15) is 4.79 Å². The van der Waals surface area contributed by atoms with Crippen LogP contribution >= 0.6 is 0 Å². The molecule has 2 atom stereocenters. The molecule has 2 rings (SSSR count). The van der Waals surface area contributed by atoms with E-state index in [4.69, 9.17) is 9.47 Å². The molecular formula is C37H60NO3+. The van der Waals surface area contributed by atoms with Crippen molar-refractivity contribution in [3.63, 3.8) is 0 Å². The molecular weight excluding hydrogens is 506 g/mol. The van der Waals surface area contributed by atoms with Crippen LogP contribution in [0, 0.1) is 0 Å². The summed E-state index contributed by atoms with van der Waals surface area (Å²) in [5, 5.41) is 0. The van der Waals surface area contributed by atoms with Gasteiger partial charge in [0.2, 0.25) is 0 Å². The lowest BCUT2D eigenvalue weighted by Gasteiger charge is -2.36. The summed E-state index contributed by atoms with van der Waals surface area (Å²) in [6.45, 7) is 7.59. The first kappa shape index (κ1) is 34.9. The molecule has 0 heterocycles. The summed E-state index contributed by atoms with van der Waals surface area (Å²) >= 11 is 0. The number of unbranched alkanes of at least 4 members (excludes halogenated alkanes) is 11. The van der Waals surface area contributed by atoms with E-state index in [1.54, 1.807) is 0 Å². The first-order valence-corrected chi connectivity index (χ1v) is 16.6. The Hall–Kier alpha value is -2.33. The Morgan fingerprint density at radius 2 is 1.32 bits per heavy atom. The fourth-order valence-electron chi connectivity index (χ4n) is 5.79. The highest BCUT2D eigenvalue weighted by molar-refractivity contribution is 5.74. The van der Waals surface area contributed by atoms with Crippen molar-refractivity contribution < 1.29 is 18.8 Å². The Kier molecular flexibility index (Phi) is 17.5. The molecule has 4 nitrogen and oxygen atoms in total. The second-order valence-electron chi connectivity index (χ2n) is 12.5. The van der Waals surface area contributed by atoms with Gasteiger partial charge in [0.25, 0.3) is 0 Å². The van der Waals surface area contributed by atoms with Crippen molar-refractivity contribution in [2.45, 2.75) is 136 Å². The maximum Gasteiger partial charge on any atom is 0.364 e. The Labute approximate surface area is 252 Å². The monoisotopic (exact) mass is 566 g/mol. The minimum atomic E-state index is -0.192. The number of quaternary nitrogens is 1. The topological polar surface area (TPSA) is 35.5 Å². The van der Waals surface area contributed by atoms with E-state index >= 15 is 0 Å². The zero-order valence-corrected chi connectivity index (χ0v) is 27.0. The van der Waals surface area contributed by atoms with Crippen LogP contribution in [0.4, 0.5) is 0 Å². The van der Waals surface area contributed by atoms with E-state index in [0.29, 0.717) is 17.5 Å². The summed E-state index contributed by atoms with van der Waals surface area (Å²) in [4.78, 5) is 13.0. The summed E-state index contributed by atoms with van der Waals surface area (Å²) in [6, 6.07) is 18.6. The number of benzene rings is 2. The van der Waals surface area contributed by atoms with Gasteiger partial charge in [-0.1, -0.05) is 133 Å². The molecule has 0 aliphatic heterocycles. The number of esters is 1. The first-order chi connectivity index (χ1) is 19.9. The van der Waals surface area contributed by atoms with Gasteiger partial charge in [-0.05, 0) is 31.4 Å². The predicted octanol–water partition coefficient (Wildman–Crippen LogP) is 9.69. The lowest BCUT2D eigenvalue weighted by atomic mass is 10.0. The summed E-state index contributed by atoms with van der Waals surface area (Å²) in [6.07, 6.45) is 18.9. The molecule has 4 heteroatoms. The van der Waals surface area contributed by atoms with Crippen LogP contribution in [0.15, 0.2) is 54.6 Å². The van der Waals surface area contributed by atoms with Crippen LogP contribution in [0.1, 0.15) is 122 Å². The molecule has 0 aromatic heterocycles. The average Bonchev–Trinajstić information content (AvgIpc) is 2.95. The quantitative estimate of drug-likeness (QED) is 0.0763. The number of hydrogen-bond donors (Lipinski definition) is 0. The molecule has 0 amide bonds. The lowest BCUT2D eigenvalue weighted by Crippen LogP contribution is -2.52. The number of carbonyl (C=O) groups excluding carboxylic acids is 1. The molecule has 230 valence electrons. The molecule has 0 saturated heterocycles. The van der Waals surface area contributed by atoms with Gasteiger partial charge in [0.1, 0.15) is 12.3 Å². The number of aryl methyl sites for hydroxylation is 1. The molecule has 0 aliphatic rings. The second kappa shape index (κ2) is 20.5. The number of hydrogen-bond acceptors (Lipinski definition) is 3. The lowest BCUT2D eigenvalue weighted by molar-refractivity contribution is -0.919. The van der Waals surface area contributed by atoms with Gasteiger partial charge in [-0.3, -0.25) is 0 Å². The fraction of sp³-hybridized carbons (Fsp3) is 0.649. The van der Waals surface area contributed by atoms with Gasteiger partial charge in [0.15, 0.2) is 6.04 Å². The van der Waals surface area contributed by atoms with Crippen LogP contribution < -0.4 is 4.74 Å². The van der Waals surface area contributed by atoms with Gasteiger partial charge in [-0.25, -0.2) is 4.79 Å². The van der Waals surface area contributed by atoms with Crippen LogP contribution in [-0.2, 0) is 22.5 Å². The van der Waals surface area contributed by atoms with Crippen molar-refractivity contribution in [1.82, 2.24) is 0 Å². The molecule has 2 unspecified atom stereocenters.